The number of nitrogens with one attached hydrogen (secondary N) is 2. The number of benzene rings is 3. The number of phenols is 1. The van der Waals surface area contributed by atoms with Gasteiger partial charge in [0.05, 0.1) is 35.8 Å². The summed E-state index contributed by atoms with van der Waals surface area (Å²) < 4.78 is 30.4. The summed E-state index contributed by atoms with van der Waals surface area (Å²) in [7, 11) is -0.721. The van der Waals surface area contributed by atoms with Gasteiger partial charge in [0.15, 0.2) is 14.9 Å². The average molecular weight is 917 g/mol. The van der Waals surface area contributed by atoms with Crippen molar-refractivity contribution in [3.63, 3.8) is 0 Å². The zero-order valence-corrected chi connectivity index (χ0v) is 40.1. The Morgan fingerprint density at radius 2 is 1.78 bits per heavy atom. The van der Waals surface area contributed by atoms with Crippen LogP contribution in [-0.2, 0) is 41.9 Å². The highest BCUT2D eigenvalue weighted by Gasteiger charge is 2.46. The second-order valence-electron chi connectivity index (χ2n) is 19.4. The molecule has 8 rings (SSSR count). The summed E-state index contributed by atoms with van der Waals surface area (Å²) in [4.78, 5) is 44.2. The van der Waals surface area contributed by atoms with E-state index in [1.165, 1.54) is 6.07 Å². The molecule has 1 saturated carbocycles. The molecule has 4 fully saturated rings. The second-order valence-corrected chi connectivity index (χ2v) is 24.6. The summed E-state index contributed by atoms with van der Waals surface area (Å²) >= 11 is 6.70. The highest BCUT2D eigenvalue weighted by molar-refractivity contribution is 6.74. The zero-order chi connectivity index (χ0) is 45.6. The first-order valence-electron chi connectivity index (χ1n) is 23.0. The minimum Gasteiger partial charge on any atom is -0.506 e. The fourth-order valence-electron chi connectivity index (χ4n) is 9.37. The Morgan fingerprint density at radius 1 is 1.02 bits per heavy atom. The number of fused-ring (bicyclic) bond motifs is 4. The smallest absolute Gasteiger partial charge is 0.344 e. The number of rotatable bonds is 18. The van der Waals surface area contributed by atoms with Gasteiger partial charge < -0.3 is 38.8 Å². The lowest BCUT2D eigenvalue weighted by molar-refractivity contribution is -0.167. The molecule has 0 spiro atoms. The molecule has 4 aromatic rings. The molecule has 2 atom stereocenters. The number of halogens is 1. The quantitative estimate of drug-likeness (QED) is 0.0499. The minimum absolute atomic E-state index is 0.00845. The number of phenolic OH excluding ortho intramolecular Hbond substituents is 1. The summed E-state index contributed by atoms with van der Waals surface area (Å²) in [6.07, 6.45) is 7.89. The molecule has 1 aromatic heterocycles. The minimum atomic E-state index is -2.28. The number of hydrogen-bond acceptors (Lipinski definition) is 11. The van der Waals surface area contributed by atoms with Crippen molar-refractivity contribution in [1.29, 1.82) is 0 Å². The number of methoxy groups -OCH3 is 1. The van der Waals surface area contributed by atoms with Gasteiger partial charge in [-0.15, -0.1) is 0 Å². The van der Waals surface area contributed by atoms with Crippen molar-refractivity contribution in [1.82, 2.24) is 15.2 Å². The predicted octanol–water partition coefficient (Wildman–Crippen LogP) is 9.14. The Bertz CT molecular complexity index is 2330. The summed E-state index contributed by atoms with van der Waals surface area (Å²) in [5.74, 6) is 0.718. The highest BCUT2D eigenvalue weighted by Crippen LogP contribution is 2.44. The van der Waals surface area contributed by atoms with Crippen molar-refractivity contribution in [2.75, 3.05) is 46.5 Å². The first kappa shape index (κ1) is 47.6. The fraction of sp³-hybridized carbons (Fsp3) is 0.540. The number of aromatic nitrogens is 1. The normalized spacial score (nSPS) is 20.1. The topological polar surface area (TPSA) is 149 Å². The Morgan fingerprint density at radius 3 is 2.48 bits per heavy atom. The molecule has 1 unspecified atom stereocenters. The van der Waals surface area contributed by atoms with Crippen molar-refractivity contribution < 1.29 is 38.1 Å². The molecule has 3 N–H and O–H groups in total. The highest BCUT2D eigenvalue weighted by atomic mass is 35.5. The summed E-state index contributed by atoms with van der Waals surface area (Å²) in [5, 5.41) is 15.0. The predicted molar refractivity (Wildman–Crippen MR) is 252 cm³/mol. The number of nitrogens with zero attached hydrogens (tertiary/aromatic N) is 1. The lowest BCUT2D eigenvalue weighted by atomic mass is 9.69. The van der Waals surface area contributed by atoms with Crippen LogP contribution in [0.5, 0.6) is 17.2 Å². The van der Waals surface area contributed by atoms with E-state index in [9.17, 15) is 19.5 Å². The van der Waals surface area contributed by atoms with Crippen LogP contribution in [0, 0.1) is 5.92 Å². The Kier molecular flexibility index (Phi) is 15.2. The van der Waals surface area contributed by atoms with Crippen LogP contribution in [0.2, 0.25) is 23.2 Å². The molecule has 64 heavy (non-hydrogen) atoms. The number of carbonyl (C=O) groups is 2. The number of H-pyrrole nitrogens is 1. The summed E-state index contributed by atoms with van der Waals surface area (Å²) in [6.45, 7) is 14.7. The molecule has 346 valence electrons. The van der Waals surface area contributed by atoms with Crippen LogP contribution in [-0.4, -0.2) is 87.9 Å². The van der Waals surface area contributed by atoms with Crippen LogP contribution in [0.15, 0.2) is 65.5 Å². The van der Waals surface area contributed by atoms with Crippen LogP contribution in [0.1, 0.15) is 100 Å². The third kappa shape index (κ3) is 11.0. The maximum atomic E-state index is 14.0. The van der Waals surface area contributed by atoms with Crippen molar-refractivity contribution in [2.24, 2.45) is 5.92 Å². The first-order valence-corrected chi connectivity index (χ1v) is 26.3. The maximum absolute atomic E-state index is 14.0. The molecule has 3 aliphatic heterocycles. The van der Waals surface area contributed by atoms with Crippen LogP contribution < -0.4 is 20.3 Å². The van der Waals surface area contributed by atoms with E-state index in [-0.39, 0.29) is 41.6 Å². The van der Waals surface area contributed by atoms with Crippen LogP contribution in [0.3, 0.4) is 0 Å². The number of carbonyl (C=O) groups excluding carboxylic acids is 2. The number of piperidine rings is 3. The lowest BCUT2D eigenvalue weighted by Gasteiger charge is -2.45. The van der Waals surface area contributed by atoms with E-state index in [0.717, 1.165) is 86.8 Å². The monoisotopic (exact) mass is 915 g/mol. The average Bonchev–Trinajstić information content (AvgIpc) is 3.28. The number of aryl methyl sites for hydroxylation is 1. The lowest BCUT2D eigenvalue weighted by Crippen LogP contribution is -2.53. The molecule has 4 aliphatic rings. The van der Waals surface area contributed by atoms with Gasteiger partial charge in [-0.3, -0.25) is 14.5 Å². The Balaban J connectivity index is 0.919. The van der Waals surface area contributed by atoms with Gasteiger partial charge in [-0.25, -0.2) is 4.79 Å². The molecule has 12 nitrogen and oxygen atoms in total. The van der Waals surface area contributed by atoms with E-state index in [0.29, 0.717) is 59.3 Å². The van der Waals surface area contributed by atoms with Gasteiger partial charge in [-0.1, -0.05) is 82.0 Å². The molecule has 14 heteroatoms. The molecule has 3 aromatic carbocycles. The molecule has 1 aliphatic carbocycles. The maximum Gasteiger partial charge on any atom is 0.344 e. The zero-order valence-electron chi connectivity index (χ0n) is 38.4. The summed E-state index contributed by atoms with van der Waals surface area (Å²) in [6, 6.07) is 18.4. The largest absolute Gasteiger partial charge is 0.506 e. The molecular weight excluding hydrogens is 850 g/mol. The fourth-order valence-corrected chi connectivity index (χ4v) is 10.9. The molecule has 0 radical (unpaired) electrons. The molecule has 2 bridgehead atoms. The summed E-state index contributed by atoms with van der Waals surface area (Å²) in [5.41, 5.74) is 3.22. The van der Waals surface area contributed by atoms with E-state index >= 15 is 0 Å². The molecule has 4 heterocycles. The molecule has 3 saturated heterocycles. The number of pyridine rings is 1. The van der Waals surface area contributed by atoms with Gasteiger partial charge in [0.2, 0.25) is 5.56 Å². The van der Waals surface area contributed by atoms with E-state index in [1.807, 2.05) is 12.1 Å². The number of aromatic hydroxyl groups is 1. The number of hydrogen-bond donors (Lipinski definition) is 3. The van der Waals surface area contributed by atoms with Gasteiger partial charge in [0, 0.05) is 42.7 Å². The van der Waals surface area contributed by atoms with Crippen molar-refractivity contribution in [2.45, 2.75) is 121 Å². The van der Waals surface area contributed by atoms with Crippen molar-refractivity contribution in [3.8, 4) is 17.2 Å². The van der Waals surface area contributed by atoms with Crippen LogP contribution in [0.25, 0.3) is 10.9 Å². The van der Waals surface area contributed by atoms with E-state index in [1.54, 1.807) is 31.4 Å². The van der Waals surface area contributed by atoms with E-state index in [2.05, 4.69) is 67.3 Å². The standard InChI is InChI=1S/C50H66ClN3O9Si/c1-49(2,3)64(5,6)63-43(37-15-17-40(55)47-38(37)16-18-45(56)53-47)30-52-29-35-27-39(51)42(28-41(35)59-4)61-32-46(57)60-25-11-13-33-12-10-14-36(26-33)50(21-8-7-9-22-50)48(58)62-44-31-54-23-19-34(44)20-24-54/h10,12,14-18,26-28,34,43-44,52,55H,7-9,11,13,19-25,29-32H2,1-6H3,(H,53,56)/t43-,44?/m0/s1. The Labute approximate surface area is 383 Å². The third-order valence-corrected chi connectivity index (χ3v) is 18.9. The number of aromatic amines is 1. The second kappa shape index (κ2) is 20.4. The van der Waals surface area contributed by atoms with Crippen LogP contribution in [0.4, 0.5) is 0 Å². The molecule has 0 amide bonds. The third-order valence-electron chi connectivity index (χ3n) is 14.1. The van der Waals surface area contributed by atoms with Gasteiger partial charge in [0.25, 0.3) is 0 Å². The number of esters is 2. The SMILES string of the molecule is COc1cc(OCC(=O)OCCCc2cccc(C3(C(=O)OC4CN5CCC4CC5)CCCCC3)c2)c(Cl)cc1CNC[C@H](O[Si](C)(C)C(C)(C)C)c1ccc(O)c2[nH]c(=O)ccc12. The van der Waals surface area contributed by atoms with Gasteiger partial charge in [-0.05, 0) is 111 Å². The van der Waals surface area contributed by atoms with Crippen LogP contribution >= 0.6 is 11.6 Å². The Hall–Kier alpha value is -4.40. The first-order chi connectivity index (χ1) is 30.6. The molecular formula is C50H66ClN3O9Si. The number of ether oxygens (including phenoxy) is 4. The van der Waals surface area contributed by atoms with Gasteiger partial charge >= 0.3 is 11.9 Å². The van der Waals surface area contributed by atoms with Crippen molar-refractivity contribution in [3.05, 3.63) is 98.3 Å². The van der Waals surface area contributed by atoms with E-state index < -0.39 is 25.8 Å². The van der Waals surface area contributed by atoms with E-state index in [4.69, 9.17) is 35.0 Å². The van der Waals surface area contributed by atoms with Gasteiger partial charge in [0.1, 0.15) is 23.4 Å². The van der Waals surface area contributed by atoms with Gasteiger partial charge in [-0.2, -0.15) is 0 Å². The van der Waals surface area contributed by atoms with Crippen molar-refractivity contribution >= 4 is 42.8 Å².